The van der Waals surface area contributed by atoms with Gasteiger partial charge in [-0.25, -0.2) is 0 Å². The van der Waals surface area contributed by atoms with Crippen molar-refractivity contribution in [1.29, 1.82) is 0 Å². The molecule has 0 aromatic carbocycles. The molecule has 0 spiro atoms. The van der Waals surface area contributed by atoms with E-state index in [1.54, 1.807) is 26.3 Å². The molecule has 0 saturated heterocycles. The molecule has 0 amide bonds. The maximum Gasteiger partial charge on any atom is 0.500 e. The van der Waals surface area contributed by atoms with Crippen LogP contribution in [0.5, 0.6) is 0 Å². The fraction of sp³-hybridized carbons (Fsp3) is 1.00. The average molecular weight is 511 g/mol. The summed E-state index contributed by atoms with van der Waals surface area (Å²) in [6.07, 6.45) is 23.9. The van der Waals surface area contributed by atoms with Crippen molar-refractivity contribution in [1.82, 2.24) is 5.01 Å². The van der Waals surface area contributed by atoms with Crippen molar-refractivity contribution in [3.8, 4) is 0 Å². The first-order valence-electron chi connectivity index (χ1n) is 13.7. The molecule has 0 radical (unpaired) electrons. The second kappa shape index (κ2) is 25.4. The minimum Gasteiger partial charge on any atom is -1.00 e. The molecule has 0 heterocycles. The average Bonchev–Trinajstić information content (AvgIpc) is 2.80. The van der Waals surface area contributed by atoms with E-state index in [1.807, 2.05) is 0 Å². The van der Waals surface area contributed by atoms with Gasteiger partial charge in [0.2, 0.25) is 0 Å². The number of nitrogens with zero attached hydrogens (tertiary/aromatic N) is 1. The molecular weight excluding hydrogens is 452 g/mol. The summed E-state index contributed by atoms with van der Waals surface area (Å²) in [5.74, 6) is 0. The standard InChI is InChI=1S/C26H58N2O3Si.ClH/c1-7-8-9-10-11-12-13-14-15-16-17-18-19-20-21-22-24-28(27(2)3)25-23-26-32(29-4,30-5)31-6;/h7-26H2,1-6H3;1H. The predicted octanol–water partition coefficient (Wildman–Crippen LogP) is 2.88. The Hall–Kier alpha value is 0.307. The Bertz CT molecular complexity index is 380. The number of rotatable bonds is 25. The van der Waals surface area contributed by atoms with E-state index in [4.69, 9.17) is 13.3 Å². The molecule has 33 heavy (non-hydrogen) atoms. The second-order valence-electron chi connectivity index (χ2n) is 9.66. The van der Waals surface area contributed by atoms with Crippen LogP contribution in [-0.2, 0) is 13.3 Å². The van der Waals surface area contributed by atoms with Gasteiger partial charge in [0.1, 0.15) is 0 Å². The van der Waals surface area contributed by atoms with Gasteiger partial charge in [0.05, 0.1) is 13.1 Å². The molecule has 1 N–H and O–H groups in total. The molecule has 202 valence electrons. The van der Waals surface area contributed by atoms with E-state index in [1.165, 1.54) is 109 Å². The zero-order valence-electron chi connectivity index (χ0n) is 23.2. The number of quaternary nitrogens is 1. The van der Waals surface area contributed by atoms with Crippen molar-refractivity contribution in [2.24, 2.45) is 0 Å². The van der Waals surface area contributed by atoms with E-state index >= 15 is 0 Å². The van der Waals surface area contributed by atoms with Crippen LogP contribution in [0.3, 0.4) is 0 Å². The Kier molecular flexibility index (Phi) is 27.3. The molecule has 5 nitrogen and oxygen atoms in total. The van der Waals surface area contributed by atoms with Gasteiger partial charge in [-0.1, -0.05) is 96.8 Å². The van der Waals surface area contributed by atoms with Crippen molar-refractivity contribution in [3.05, 3.63) is 0 Å². The summed E-state index contributed by atoms with van der Waals surface area (Å²) in [7, 11) is 7.03. The fourth-order valence-corrected chi connectivity index (χ4v) is 6.24. The predicted molar refractivity (Wildman–Crippen MR) is 140 cm³/mol. The normalized spacial score (nSPS) is 12.8. The molecule has 7 heteroatoms. The molecule has 1 atom stereocenters. The van der Waals surface area contributed by atoms with Crippen LogP contribution in [0.15, 0.2) is 0 Å². The van der Waals surface area contributed by atoms with Gasteiger partial charge >= 0.3 is 8.80 Å². The Morgan fingerprint density at radius 3 is 1.21 bits per heavy atom. The van der Waals surface area contributed by atoms with Gasteiger partial charge in [-0.3, -0.25) is 5.01 Å². The van der Waals surface area contributed by atoms with Crippen LogP contribution in [0.25, 0.3) is 0 Å². The van der Waals surface area contributed by atoms with E-state index in [-0.39, 0.29) is 12.4 Å². The van der Waals surface area contributed by atoms with Crippen molar-refractivity contribution in [3.63, 3.8) is 0 Å². The smallest absolute Gasteiger partial charge is 0.500 e. The number of nitrogens with one attached hydrogen (secondary N) is 1. The molecule has 1 unspecified atom stereocenters. The summed E-state index contributed by atoms with van der Waals surface area (Å²) in [5.41, 5.74) is 0. The maximum atomic E-state index is 5.54. The van der Waals surface area contributed by atoms with Gasteiger partial charge in [-0.05, 0) is 12.8 Å². The number of hydrogen-bond acceptors (Lipinski definition) is 4. The molecule has 0 aliphatic heterocycles. The molecule has 0 rings (SSSR count). The zero-order valence-corrected chi connectivity index (χ0v) is 24.9. The van der Waals surface area contributed by atoms with Crippen LogP contribution in [0.2, 0.25) is 6.04 Å². The second-order valence-corrected chi connectivity index (χ2v) is 12.8. The van der Waals surface area contributed by atoms with E-state index in [2.05, 4.69) is 26.0 Å². The zero-order chi connectivity index (χ0) is 23.9. The topological polar surface area (TPSA) is 35.4 Å². The monoisotopic (exact) mass is 510 g/mol. The van der Waals surface area contributed by atoms with E-state index in [9.17, 15) is 0 Å². The molecule has 0 bridgehead atoms. The number of hydrogen-bond donors (Lipinski definition) is 1. The highest BCUT2D eigenvalue weighted by Crippen LogP contribution is 2.15. The highest BCUT2D eigenvalue weighted by Gasteiger charge is 2.37. The number of halogens is 1. The van der Waals surface area contributed by atoms with Crippen LogP contribution < -0.4 is 17.4 Å². The molecule has 0 saturated carbocycles. The first kappa shape index (κ1) is 35.5. The van der Waals surface area contributed by atoms with Gasteiger partial charge in [0.25, 0.3) is 0 Å². The summed E-state index contributed by atoms with van der Waals surface area (Å²) in [4.78, 5) is 0. The fourth-order valence-electron chi connectivity index (χ4n) is 4.51. The Labute approximate surface area is 215 Å². The molecule has 0 aliphatic rings. The molecule has 0 aromatic heterocycles. The number of unbranched alkanes of at least 4 members (excludes halogenated alkanes) is 15. The van der Waals surface area contributed by atoms with Crippen molar-refractivity contribution in [2.45, 2.75) is 122 Å². The highest BCUT2D eigenvalue weighted by atomic mass is 35.5. The van der Waals surface area contributed by atoms with Gasteiger partial charge in [0.15, 0.2) is 0 Å². The Morgan fingerprint density at radius 2 is 0.879 bits per heavy atom. The molecule has 0 aliphatic carbocycles. The summed E-state index contributed by atoms with van der Waals surface area (Å²) in [6.45, 7) is 4.62. The highest BCUT2D eigenvalue weighted by molar-refractivity contribution is 6.60. The lowest BCUT2D eigenvalue weighted by Gasteiger charge is -2.27. The SMILES string of the molecule is CCCCCCCCCCCCCCCCCC[NH+](CCC[Si](OC)(OC)OC)N(C)C.[Cl-]. The van der Waals surface area contributed by atoms with E-state index in [0.29, 0.717) is 0 Å². The quantitative estimate of drug-likeness (QED) is 0.116. The third-order valence-corrected chi connectivity index (χ3v) is 9.66. The minimum atomic E-state index is -2.43. The lowest BCUT2D eigenvalue weighted by Crippen LogP contribution is -3.17. The molecular formula is C26H59ClN2O3Si. The third kappa shape index (κ3) is 20.2. The Morgan fingerprint density at radius 1 is 0.545 bits per heavy atom. The maximum absolute atomic E-state index is 5.54. The third-order valence-electron chi connectivity index (χ3n) is 6.83. The first-order chi connectivity index (χ1) is 15.5. The minimum absolute atomic E-state index is 0. The summed E-state index contributed by atoms with van der Waals surface area (Å²) in [5, 5.41) is 3.85. The van der Waals surface area contributed by atoms with Gasteiger partial charge in [0, 0.05) is 47.9 Å². The van der Waals surface area contributed by atoms with E-state index in [0.717, 1.165) is 19.0 Å². The van der Waals surface area contributed by atoms with Crippen LogP contribution >= 0.6 is 0 Å². The van der Waals surface area contributed by atoms with Crippen LogP contribution in [0.1, 0.15) is 116 Å². The lowest BCUT2D eigenvalue weighted by atomic mass is 10.0. The lowest BCUT2D eigenvalue weighted by molar-refractivity contribution is -1.01. The summed E-state index contributed by atoms with van der Waals surface area (Å²) < 4.78 is 16.6. The van der Waals surface area contributed by atoms with Gasteiger partial charge in [-0.15, -0.1) is 0 Å². The van der Waals surface area contributed by atoms with Crippen molar-refractivity contribution in [2.75, 3.05) is 48.5 Å². The van der Waals surface area contributed by atoms with Crippen LogP contribution in [0.4, 0.5) is 0 Å². The van der Waals surface area contributed by atoms with Crippen LogP contribution in [-0.4, -0.2) is 62.3 Å². The van der Waals surface area contributed by atoms with Crippen molar-refractivity contribution >= 4 is 8.80 Å². The van der Waals surface area contributed by atoms with Gasteiger partial charge < -0.3 is 25.7 Å². The molecule has 0 fully saturated rings. The van der Waals surface area contributed by atoms with Gasteiger partial charge in [-0.2, -0.15) is 5.01 Å². The van der Waals surface area contributed by atoms with Crippen LogP contribution in [0, 0.1) is 0 Å². The summed E-state index contributed by atoms with van der Waals surface area (Å²) in [6, 6.07) is 0.882. The summed E-state index contributed by atoms with van der Waals surface area (Å²) >= 11 is 0. The Balaban J connectivity index is 0. The first-order valence-corrected chi connectivity index (χ1v) is 15.7. The van der Waals surface area contributed by atoms with Crippen molar-refractivity contribution < 1.29 is 30.7 Å². The van der Waals surface area contributed by atoms with E-state index < -0.39 is 8.80 Å². The molecule has 0 aromatic rings. The largest absolute Gasteiger partial charge is 1.00 e.